The highest BCUT2D eigenvalue weighted by atomic mass is 35.5. The summed E-state index contributed by atoms with van der Waals surface area (Å²) in [5.41, 5.74) is 1.61. The van der Waals surface area contributed by atoms with Crippen molar-refractivity contribution in [1.29, 1.82) is 0 Å². The number of carboxylic acid groups (broad SMARTS) is 1. The Labute approximate surface area is 189 Å². The van der Waals surface area contributed by atoms with E-state index in [2.05, 4.69) is 4.74 Å². The molecule has 1 aliphatic rings. The SMILES string of the molecule is O=C(O)Oc1ccc(CCC[C@@H]2[C@@H](C=Cc3cc(Cl)cc(CO)c3)[C@H](O)C[C@H]2Cl)s1. The lowest BCUT2D eigenvalue weighted by Gasteiger charge is -2.20. The van der Waals surface area contributed by atoms with Crippen molar-refractivity contribution in [3.63, 3.8) is 0 Å². The molecule has 5 nitrogen and oxygen atoms in total. The maximum Gasteiger partial charge on any atom is 0.512 e. The van der Waals surface area contributed by atoms with Gasteiger partial charge in [-0.2, -0.15) is 0 Å². The molecule has 2 aromatic rings. The summed E-state index contributed by atoms with van der Waals surface area (Å²) >= 11 is 14.0. The van der Waals surface area contributed by atoms with Crippen molar-refractivity contribution >= 4 is 46.8 Å². The molecule has 0 aliphatic heterocycles. The van der Waals surface area contributed by atoms with Crippen molar-refractivity contribution < 1.29 is 24.9 Å². The lowest BCUT2D eigenvalue weighted by molar-refractivity contribution is 0.140. The standard InChI is InChI=1S/C22H24Cl2O5S/c23-15-9-13(8-14(10-15)12-25)4-6-18-17(19(24)11-20(18)26)3-1-2-16-5-7-21(30-16)29-22(27)28/h4-10,17-20,25-26H,1-3,11-12H2,(H,27,28)/t17-,18-,19-,20-/m1/s1. The van der Waals surface area contributed by atoms with Gasteiger partial charge in [-0.25, -0.2) is 4.79 Å². The molecule has 0 bridgehead atoms. The number of thiophene rings is 1. The fourth-order valence-electron chi connectivity index (χ4n) is 3.96. The summed E-state index contributed by atoms with van der Waals surface area (Å²) in [6, 6.07) is 8.94. The van der Waals surface area contributed by atoms with Gasteiger partial charge in [-0.1, -0.05) is 23.8 Å². The van der Waals surface area contributed by atoms with Crippen LogP contribution < -0.4 is 4.74 Å². The van der Waals surface area contributed by atoms with Gasteiger partial charge in [0, 0.05) is 21.2 Å². The summed E-state index contributed by atoms with van der Waals surface area (Å²) in [4.78, 5) is 11.7. The second-order valence-electron chi connectivity index (χ2n) is 7.45. The predicted molar refractivity (Wildman–Crippen MR) is 120 cm³/mol. The van der Waals surface area contributed by atoms with Gasteiger partial charge in [0.25, 0.3) is 0 Å². The molecule has 1 aliphatic carbocycles. The summed E-state index contributed by atoms with van der Waals surface area (Å²) in [6.07, 6.45) is 5.19. The van der Waals surface area contributed by atoms with Crippen LogP contribution in [-0.2, 0) is 13.0 Å². The van der Waals surface area contributed by atoms with Gasteiger partial charge < -0.3 is 20.1 Å². The van der Waals surface area contributed by atoms with E-state index in [1.54, 1.807) is 12.1 Å². The van der Waals surface area contributed by atoms with Gasteiger partial charge in [-0.15, -0.1) is 22.9 Å². The lowest BCUT2D eigenvalue weighted by Crippen LogP contribution is -2.18. The number of hydrogen-bond donors (Lipinski definition) is 3. The number of aliphatic hydroxyl groups excluding tert-OH is 2. The van der Waals surface area contributed by atoms with E-state index in [4.69, 9.17) is 28.3 Å². The molecular weight excluding hydrogens is 447 g/mol. The predicted octanol–water partition coefficient (Wildman–Crippen LogP) is 5.59. The van der Waals surface area contributed by atoms with Gasteiger partial charge in [0.1, 0.15) is 0 Å². The Balaban J connectivity index is 1.61. The first kappa shape index (κ1) is 23.1. The zero-order valence-corrected chi connectivity index (χ0v) is 18.5. The summed E-state index contributed by atoms with van der Waals surface area (Å²) in [5, 5.41) is 29.3. The van der Waals surface area contributed by atoms with E-state index in [0.29, 0.717) is 16.5 Å². The molecule has 0 amide bonds. The van der Waals surface area contributed by atoms with Crippen molar-refractivity contribution in [2.45, 2.75) is 43.8 Å². The molecule has 3 rings (SSSR count). The highest BCUT2D eigenvalue weighted by molar-refractivity contribution is 7.13. The largest absolute Gasteiger partial charge is 0.512 e. The zero-order valence-electron chi connectivity index (χ0n) is 16.2. The number of benzene rings is 1. The van der Waals surface area contributed by atoms with Crippen molar-refractivity contribution in [2.75, 3.05) is 0 Å². The molecule has 1 saturated carbocycles. The highest BCUT2D eigenvalue weighted by Crippen LogP contribution is 2.40. The molecule has 0 unspecified atom stereocenters. The zero-order chi connectivity index (χ0) is 21.7. The number of carbonyl (C=O) groups is 1. The summed E-state index contributed by atoms with van der Waals surface area (Å²) < 4.78 is 4.67. The molecule has 1 aromatic heterocycles. The first-order chi connectivity index (χ1) is 14.4. The number of aryl methyl sites for hydroxylation is 1. The van der Waals surface area contributed by atoms with Gasteiger partial charge in [0.2, 0.25) is 0 Å². The van der Waals surface area contributed by atoms with Crippen LogP contribution in [0, 0.1) is 11.8 Å². The average Bonchev–Trinajstić information content (AvgIpc) is 3.23. The van der Waals surface area contributed by atoms with Crippen LogP contribution in [-0.4, -0.2) is 33.0 Å². The Hall–Kier alpha value is -1.57. The molecule has 1 aromatic carbocycles. The number of alkyl halides is 1. The minimum absolute atomic E-state index is 0.0571. The van der Waals surface area contributed by atoms with E-state index in [1.165, 1.54) is 11.3 Å². The van der Waals surface area contributed by atoms with E-state index in [1.807, 2.05) is 30.4 Å². The number of aliphatic hydroxyl groups is 2. The van der Waals surface area contributed by atoms with E-state index >= 15 is 0 Å². The molecule has 1 fully saturated rings. The van der Waals surface area contributed by atoms with Gasteiger partial charge in [0.05, 0.1) is 12.7 Å². The maximum atomic E-state index is 10.6. The third-order valence-electron chi connectivity index (χ3n) is 5.33. The van der Waals surface area contributed by atoms with Gasteiger partial charge in [0.15, 0.2) is 5.06 Å². The van der Waals surface area contributed by atoms with Gasteiger partial charge in [-0.3, -0.25) is 0 Å². The maximum absolute atomic E-state index is 10.6. The van der Waals surface area contributed by atoms with Crippen LogP contribution in [0.4, 0.5) is 4.79 Å². The Morgan fingerprint density at radius 3 is 2.83 bits per heavy atom. The summed E-state index contributed by atoms with van der Waals surface area (Å²) in [5.74, 6) is 0.0856. The minimum atomic E-state index is -1.31. The molecule has 0 radical (unpaired) electrons. The number of ether oxygens (including phenoxy) is 1. The second-order valence-corrected chi connectivity index (χ2v) is 9.58. The molecule has 1 heterocycles. The molecule has 8 heteroatoms. The van der Waals surface area contributed by atoms with Gasteiger partial charge in [-0.05, 0) is 73.1 Å². The lowest BCUT2D eigenvalue weighted by atomic mass is 9.89. The Morgan fingerprint density at radius 2 is 2.10 bits per heavy atom. The van der Waals surface area contributed by atoms with Crippen molar-refractivity contribution in [3.05, 3.63) is 57.4 Å². The number of halogens is 2. The topological polar surface area (TPSA) is 87.0 Å². The van der Waals surface area contributed by atoms with Crippen LogP contribution in [0.2, 0.25) is 5.02 Å². The van der Waals surface area contributed by atoms with Crippen molar-refractivity contribution in [1.82, 2.24) is 0 Å². The quantitative estimate of drug-likeness (QED) is 0.345. The van der Waals surface area contributed by atoms with Crippen LogP contribution in [0.3, 0.4) is 0 Å². The normalized spacial score (nSPS) is 23.9. The van der Waals surface area contributed by atoms with Gasteiger partial charge >= 0.3 is 6.16 Å². The molecule has 0 spiro atoms. The second kappa shape index (κ2) is 10.6. The molecule has 4 atom stereocenters. The van der Waals surface area contributed by atoms with E-state index in [-0.39, 0.29) is 23.8 Å². The molecule has 162 valence electrons. The van der Waals surface area contributed by atoms with Crippen LogP contribution in [0.15, 0.2) is 36.4 Å². The Bertz CT molecular complexity index is 897. The fourth-order valence-corrected chi connectivity index (χ4v) is 5.60. The van der Waals surface area contributed by atoms with Crippen LogP contribution in [0.25, 0.3) is 6.08 Å². The summed E-state index contributed by atoms with van der Waals surface area (Å²) in [7, 11) is 0. The smallest absolute Gasteiger partial charge is 0.449 e. The monoisotopic (exact) mass is 470 g/mol. The Morgan fingerprint density at radius 1 is 1.30 bits per heavy atom. The first-order valence-electron chi connectivity index (χ1n) is 9.76. The third kappa shape index (κ3) is 6.22. The van der Waals surface area contributed by atoms with Crippen LogP contribution >= 0.6 is 34.5 Å². The Kier molecular flexibility index (Phi) is 8.20. The van der Waals surface area contributed by atoms with Crippen LogP contribution in [0.1, 0.15) is 35.3 Å². The number of rotatable bonds is 8. The molecular formula is C22H24Cl2O5S. The number of hydrogen-bond acceptors (Lipinski definition) is 5. The van der Waals surface area contributed by atoms with E-state index in [0.717, 1.165) is 35.3 Å². The fraction of sp³-hybridized carbons (Fsp3) is 0.409. The molecule has 30 heavy (non-hydrogen) atoms. The molecule has 0 saturated heterocycles. The molecule has 3 N–H and O–H groups in total. The van der Waals surface area contributed by atoms with Crippen LogP contribution in [0.5, 0.6) is 5.06 Å². The minimum Gasteiger partial charge on any atom is -0.449 e. The van der Waals surface area contributed by atoms with E-state index in [9.17, 15) is 15.0 Å². The van der Waals surface area contributed by atoms with E-state index < -0.39 is 12.3 Å². The third-order valence-corrected chi connectivity index (χ3v) is 7.07. The average molecular weight is 471 g/mol. The first-order valence-corrected chi connectivity index (χ1v) is 11.4. The highest BCUT2D eigenvalue weighted by Gasteiger charge is 2.39. The summed E-state index contributed by atoms with van der Waals surface area (Å²) in [6.45, 7) is -0.0816. The van der Waals surface area contributed by atoms with Crippen molar-refractivity contribution in [2.24, 2.45) is 11.8 Å². The van der Waals surface area contributed by atoms with Crippen molar-refractivity contribution in [3.8, 4) is 5.06 Å².